The predicted octanol–water partition coefficient (Wildman–Crippen LogP) is 6.89. The Labute approximate surface area is 243 Å². The van der Waals surface area contributed by atoms with Crippen LogP contribution in [0.1, 0.15) is 104 Å². The largest absolute Gasteiger partial charge is 0.472 e. The van der Waals surface area contributed by atoms with E-state index >= 15 is 0 Å². The summed E-state index contributed by atoms with van der Waals surface area (Å²) in [6.07, 6.45) is 23.0. The van der Waals surface area contributed by atoms with E-state index in [9.17, 15) is 19.0 Å². The predicted molar refractivity (Wildman–Crippen MR) is 160 cm³/mol. The summed E-state index contributed by atoms with van der Waals surface area (Å²) < 4.78 is 32.9. The van der Waals surface area contributed by atoms with Gasteiger partial charge < -0.3 is 18.9 Å². The molecule has 2 unspecified atom stereocenters. The van der Waals surface area contributed by atoms with Gasteiger partial charge in [0.2, 0.25) is 0 Å². The molecule has 0 aliphatic rings. The molecule has 9 nitrogen and oxygen atoms in total. The molecule has 0 aliphatic heterocycles. The molecule has 0 aliphatic carbocycles. The van der Waals surface area contributed by atoms with Gasteiger partial charge in [-0.1, -0.05) is 76.2 Å². The minimum absolute atomic E-state index is 0.0276. The number of ether oxygens (including phenoxy) is 2. The fraction of sp³-hybridized carbons (Fsp3) is 0.800. The van der Waals surface area contributed by atoms with Crippen LogP contribution in [0.25, 0.3) is 0 Å². The van der Waals surface area contributed by atoms with Crippen molar-refractivity contribution in [2.24, 2.45) is 0 Å². The summed E-state index contributed by atoms with van der Waals surface area (Å²) in [7, 11) is 1.46. The van der Waals surface area contributed by atoms with Gasteiger partial charge in [0.05, 0.1) is 27.7 Å². The van der Waals surface area contributed by atoms with Gasteiger partial charge in [-0.3, -0.25) is 18.6 Å². The molecule has 0 saturated heterocycles. The number of hydrogen-bond donors (Lipinski definition) is 1. The smallest absolute Gasteiger partial charge is 0.462 e. The second-order valence-electron chi connectivity index (χ2n) is 11.2. The van der Waals surface area contributed by atoms with Gasteiger partial charge in [0, 0.05) is 13.3 Å². The normalized spacial score (nSPS) is 14.4. The Morgan fingerprint density at radius 1 is 0.825 bits per heavy atom. The first-order chi connectivity index (χ1) is 18.9. The van der Waals surface area contributed by atoms with Gasteiger partial charge in [0.25, 0.3) is 0 Å². The van der Waals surface area contributed by atoms with Gasteiger partial charge in [-0.05, 0) is 38.5 Å². The molecule has 0 amide bonds. The van der Waals surface area contributed by atoms with Crippen molar-refractivity contribution in [2.45, 2.75) is 110 Å². The minimum atomic E-state index is -4.33. The Kier molecular flexibility index (Phi) is 23.2. The number of quaternary nitrogens is 1. The molecule has 0 saturated carbocycles. The van der Waals surface area contributed by atoms with Gasteiger partial charge in [-0.15, -0.1) is 0 Å². The Morgan fingerprint density at radius 3 is 1.98 bits per heavy atom. The molecule has 0 aromatic heterocycles. The Hall–Kier alpha value is -1.51. The summed E-state index contributed by atoms with van der Waals surface area (Å²) in [5.74, 6) is -1.00. The van der Waals surface area contributed by atoms with E-state index in [2.05, 4.69) is 31.2 Å². The molecule has 0 aromatic rings. The van der Waals surface area contributed by atoms with Crippen LogP contribution in [-0.2, 0) is 32.7 Å². The van der Waals surface area contributed by atoms with Gasteiger partial charge in [0.15, 0.2) is 6.10 Å². The molecule has 0 bridgehead atoms. The maximum Gasteiger partial charge on any atom is 0.472 e. The number of hydrogen-bond acceptors (Lipinski definition) is 7. The highest BCUT2D eigenvalue weighted by atomic mass is 31.2. The van der Waals surface area contributed by atoms with Crippen LogP contribution in [0.4, 0.5) is 0 Å². The molecule has 0 radical (unpaired) electrons. The van der Waals surface area contributed by atoms with Crippen molar-refractivity contribution < 1.29 is 42.1 Å². The molecule has 10 heteroatoms. The molecule has 0 fully saturated rings. The third-order valence-electron chi connectivity index (χ3n) is 6.04. The highest BCUT2D eigenvalue weighted by Crippen LogP contribution is 2.43. The monoisotopic (exact) mass is 590 g/mol. The summed E-state index contributed by atoms with van der Waals surface area (Å²) in [6, 6.07) is 0. The zero-order valence-corrected chi connectivity index (χ0v) is 26.7. The third-order valence-corrected chi connectivity index (χ3v) is 7.03. The number of carbonyl (C=O) groups excluding carboxylic acids is 2. The van der Waals surface area contributed by atoms with Gasteiger partial charge in [-0.2, -0.15) is 0 Å². The highest BCUT2D eigenvalue weighted by Gasteiger charge is 2.26. The van der Waals surface area contributed by atoms with Crippen molar-refractivity contribution in [3.8, 4) is 0 Å². The van der Waals surface area contributed by atoms with Crippen molar-refractivity contribution in [3.05, 3.63) is 24.3 Å². The van der Waals surface area contributed by atoms with Gasteiger partial charge >= 0.3 is 19.8 Å². The summed E-state index contributed by atoms with van der Waals surface area (Å²) in [6.45, 7) is 3.32. The number of nitrogens with zero attached hydrogens (tertiary/aromatic N) is 1. The van der Waals surface area contributed by atoms with E-state index in [1.165, 1.54) is 51.9 Å². The number of allylic oxidation sites excluding steroid dienone is 4. The molecular weight excluding hydrogens is 533 g/mol. The van der Waals surface area contributed by atoms with Crippen LogP contribution in [0.2, 0.25) is 0 Å². The Morgan fingerprint density at radius 2 is 1.40 bits per heavy atom. The molecule has 0 heterocycles. The first-order valence-corrected chi connectivity index (χ1v) is 16.5. The number of unbranched alkanes of at least 4 members (excludes halogenated alkanes) is 10. The van der Waals surface area contributed by atoms with Crippen LogP contribution in [0.3, 0.4) is 0 Å². The van der Waals surface area contributed by atoms with E-state index < -0.39 is 32.5 Å². The first kappa shape index (κ1) is 38.5. The molecular formula is C30H57NO8P+. The van der Waals surface area contributed by atoms with Gasteiger partial charge in [-0.25, -0.2) is 4.57 Å². The molecule has 1 N–H and O–H groups in total. The fourth-order valence-electron chi connectivity index (χ4n) is 3.65. The first-order valence-electron chi connectivity index (χ1n) is 15.0. The molecule has 234 valence electrons. The average molecular weight is 591 g/mol. The molecule has 0 rings (SSSR count). The number of esters is 2. The Bertz CT molecular complexity index is 763. The lowest BCUT2D eigenvalue weighted by molar-refractivity contribution is -0.870. The zero-order valence-electron chi connectivity index (χ0n) is 25.8. The molecule has 0 aromatic carbocycles. The van der Waals surface area contributed by atoms with Crippen molar-refractivity contribution in [2.75, 3.05) is 47.5 Å². The van der Waals surface area contributed by atoms with Gasteiger partial charge in [0.1, 0.15) is 19.8 Å². The van der Waals surface area contributed by atoms with Crippen molar-refractivity contribution in [1.82, 2.24) is 0 Å². The van der Waals surface area contributed by atoms with Crippen LogP contribution in [0, 0.1) is 0 Å². The van der Waals surface area contributed by atoms with E-state index in [-0.39, 0.29) is 19.6 Å². The summed E-state index contributed by atoms with van der Waals surface area (Å²) in [5.41, 5.74) is 0. The van der Waals surface area contributed by atoms with Crippen molar-refractivity contribution in [1.29, 1.82) is 0 Å². The van der Waals surface area contributed by atoms with Crippen LogP contribution >= 0.6 is 7.82 Å². The molecule has 40 heavy (non-hydrogen) atoms. The van der Waals surface area contributed by atoms with Crippen LogP contribution in [0.5, 0.6) is 0 Å². The summed E-state index contributed by atoms with van der Waals surface area (Å²) in [4.78, 5) is 33.3. The van der Waals surface area contributed by atoms with Crippen molar-refractivity contribution >= 4 is 19.8 Å². The minimum Gasteiger partial charge on any atom is -0.462 e. The van der Waals surface area contributed by atoms with Crippen molar-refractivity contribution in [3.63, 3.8) is 0 Å². The zero-order chi connectivity index (χ0) is 30.1. The summed E-state index contributed by atoms with van der Waals surface area (Å²) in [5, 5.41) is 0. The van der Waals surface area contributed by atoms with Crippen LogP contribution < -0.4 is 0 Å². The lowest BCUT2D eigenvalue weighted by atomic mass is 10.1. The number of likely N-dealkylation sites (N-methyl/N-ethyl adjacent to an activating group) is 1. The lowest BCUT2D eigenvalue weighted by Crippen LogP contribution is -2.37. The number of phosphoric acid groups is 1. The molecule has 2 atom stereocenters. The lowest BCUT2D eigenvalue weighted by Gasteiger charge is -2.24. The number of rotatable bonds is 26. The maximum absolute atomic E-state index is 12.3. The van der Waals surface area contributed by atoms with E-state index in [1.54, 1.807) is 0 Å². The van der Waals surface area contributed by atoms with Crippen LogP contribution in [-0.4, -0.2) is 74.9 Å². The van der Waals surface area contributed by atoms with E-state index in [0.29, 0.717) is 17.4 Å². The second-order valence-corrected chi connectivity index (χ2v) is 12.7. The quantitative estimate of drug-likeness (QED) is 0.0381. The second kappa shape index (κ2) is 24.1. The maximum atomic E-state index is 12.3. The summed E-state index contributed by atoms with van der Waals surface area (Å²) >= 11 is 0. The number of carbonyl (C=O) groups is 2. The third kappa shape index (κ3) is 28.0. The van der Waals surface area contributed by atoms with E-state index in [0.717, 1.165) is 32.1 Å². The Balaban J connectivity index is 4.02. The SMILES string of the molecule is CCCCC/C=C\C/C=C\CCCCCCCCCC(=O)OC(COC(C)=O)COP(=O)(O)OCC[N+](C)(C)C. The van der Waals surface area contributed by atoms with E-state index in [4.69, 9.17) is 18.5 Å². The molecule has 0 spiro atoms. The van der Waals surface area contributed by atoms with E-state index in [1.807, 2.05) is 21.1 Å². The van der Waals surface area contributed by atoms with Crippen LogP contribution in [0.15, 0.2) is 24.3 Å². The topological polar surface area (TPSA) is 108 Å². The highest BCUT2D eigenvalue weighted by molar-refractivity contribution is 7.47. The number of phosphoric ester groups is 1. The fourth-order valence-corrected chi connectivity index (χ4v) is 4.39. The average Bonchev–Trinajstić information content (AvgIpc) is 2.86. The standard InChI is InChI=1S/C30H56NO8P/c1-6-7-8-9-10-11-12-13-14-15-16-17-18-19-20-21-22-23-30(33)39-29(26-36-28(2)32)27-38-40(34,35)37-25-24-31(3,4)5/h10-11,13-14,29H,6-9,12,15-27H2,1-5H3/p+1/b11-10-,14-13-.